The number of hydrogen-bond acceptors (Lipinski definition) is 3. The minimum Gasteiger partial charge on any atom is -0.497 e. The molecule has 1 aromatic rings. The maximum Gasteiger partial charge on any atom is 0.329 e. The number of carbonyl (C=O) groups excluding carboxylic acids is 1. The first-order valence-corrected chi connectivity index (χ1v) is 7.18. The van der Waals surface area contributed by atoms with Gasteiger partial charge in [0.25, 0.3) is 0 Å². The van der Waals surface area contributed by atoms with E-state index in [1.165, 1.54) is 25.9 Å². The van der Waals surface area contributed by atoms with E-state index in [9.17, 15) is 14.7 Å². The Morgan fingerprint density at radius 3 is 2.48 bits per heavy atom. The second kappa shape index (κ2) is 6.80. The van der Waals surface area contributed by atoms with Gasteiger partial charge in [0.15, 0.2) is 0 Å². The molecule has 0 spiro atoms. The third-order valence-electron chi connectivity index (χ3n) is 3.12. The van der Waals surface area contributed by atoms with Gasteiger partial charge in [-0.3, -0.25) is 0 Å². The van der Waals surface area contributed by atoms with E-state index in [1.807, 2.05) is 0 Å². The van der Waals surface area contributed by atoms with Crippen LogP contribution in [0, 0.1) is 0 Å². The van der Waals surface area contributed by atoms with Crippen molar-refractivity contribution >= 4 is 33.6 Å². The Kier molecular flexibility index (Phi) is 5.60. The van der Waals surface area contributed by atoms with Crippen LogP contribution in [0.4, 0.5) is 10.5 Å². The van der Waals surface area contributed by atoms with Crippen molar-refractivity contribution in [3.05, 3.63) is 22.7 Å². The zero-order valence-electron chi connectivity index (χ0n) is 12.4. The summed E-state index contributed by atoms with van der Waals surface area (Å²) < 4.78 is 5.87. The summed E-state index contributed by atoms with van der Waals surface area (Å²) in [6.45, 7) is 4.97. The average molecular weight is 359 g/mol. The van der Waals surface area contributed by atoms with E-state index in [-0.39, 0.29) is 6.54 Å². The van der Waals surface area contributed by atoms with Crippen molar-refractivity contribution in [3.8, 4) is 5.75 Å². The molecule has 0 unspecified atom stereocenters. The first kappa shape index (κ1) is 17.3. The van der Waals surface area contributed by atoms with Crippen molar-refractivity contribution in [1.29, 1.82) is 0 Å². The molecule has 2 amide bonds. The lowest BCUT2D eigenvalue weighted by Crippen LogP contribution is -2.54. The standard InChI is InChI=1S/C14H19BrN2O4/c1-5-17(14(2,3)12(18)19)13(20)16-10-6-9(15)7-11(8-10)21-4/h6-8H,5H2,1-4H3,(H,16,20)(H,18,19). The van der Waals surface area contributed by atoms with E-state index >= 15 is 0 Å². The number of urea groups is 1. The first-order chi connectivity index (χ1) is 9.72. The molecule has 0 aliphatic rings. The molecule has 0 fully saturated rings. The van der Waals surface area contributed by atoms with Gasteiger partial charge in [-0.05, 0) is 32.9 Å². The second-order valence-electron chi connectivity index (χ2n) is 4.92. The number of anilines is 1. The Labute approximate surface area is 132 Å². The fourth-order valence-electron chi connectivity index (χ4n) is 1.85. The summed E-state index contributed by atoms with van der Waals surface area (Å²) in [7, 11) is 1.53. The Bertz CT molecular complexity index is 546. The summed E-state index contributed by atoms with van der Waals surface area (Å²) in [5, 5.41) is 11.9. The molecule has 1 rings (SSSR count). The Morgan fingerprint density at radius 1 is 1.38 bits per heavy atom. The molecule has 0 aliphatic heterocycles. The largest absolute Gasteiger partial charge is 0.497 e. The lowest BCUT2D eigenvalue weighted by Gasteiger charge is -2.34. The molecule has 0 saturated heterocycles. The molecule has 7 heteroatoms. The van der Waals surface area contributed by atoms with Gasteiger partial charge in [0.05, 0.1) is 7.11 Å². The minimum atomic E-state index is -1.30. The van der Waals surface area contributed by atoms with Crippen LogP contribution in [0.3, 0.4) is 0 Å². The van der Waals surface area contributed by atoms with Crippen LogP contribution in [0.5, 0.6) is 5.75 Å². The quantitative estimate of drug-likeness (QED) is 0.846. The minimum absolute atomic E-state index is 0.274. The van der Waals surface area contributed by atoms with Gasteiger partial charge in [-0.15, -0.1) is 0 Å². The maximum absolute atomic E-state index is 12.3. The van der Waals surface area contributed by atoms with Crippen molar-refractivity contribution in [1.82, 2.24) is 4.90 Å². The fraction of sp³-hybridized carbons (Fsp3) is 0.429. The molecule has 1 aromatic carbocycles. The van der Waals surface area contributed by atoms with E-state index in [2.05, 4.69) is 21.2 Å². The Hall–Kier alpha value is -1.76. The van der Waals surface area contributed by atoms with Crippen molar-refractivity contribution in [2.75, 3.05) is 19.0 Å². The summed E-state index contributed by atoms with van der Waals surface area (Å²) >= 11 is 3.32. The van der Waals surface area contributed by atoms with Crippen molar-refractivity contribution in [2.24, 2.45) is 0 Å². The molecule has 0 saturated carbocycles. The number of nitrogens with zero attached hydrogens (tertiary/aromatic N) is 1. The number of benzene rings is 1. The number of methoxy groups -OCH3 is 1. The highest BCUT2D eigenvalue weighted by Gasteiger charge is 2.36. The normalized spacial score (nSPS) is 10.9. The predicted octanol–water partition coefficient (Wildman–Crippen LogP) is 3.17. The molecule has 6 nitrogen and oxygen atoms in total. The van der Waals surface area contributed by atoms with Crippen LogP contribution in [-0.2, 0) is 4.79 Å². The summed E-state index contributed by atoms with van der Waals surface area (Å²) in [5.74, 6) is -0.480. The van der Waals surface area contributed by atoms with E-state index in [0.717, 1.165) is 4.47 Å². The van der Waals surface area contributed by atoms with Crippen molar-refractivity contribution < 1.29 is 19.4 Å². The molecule has 0 atom stereocenters. The predicted molar refractivity (Wildman–Crippen MR) is 83.8 cm³/mol. The van der Waals surface area contributed by atoms with Gasteiger partial charge >= 0.3 is 12.0 Å². The third kappa shape index (κ3) is 4.10. The summed E-state index contributed by atoms with van der Waals surface area (Å²) in [4.78, 5) is 24.8. The van der Waals surface area contributed by atoms with Crippen LogP contribution in [0.2, 0.25) is 0 Å². The van der Waals surface area contributed by atoms with E-state index in [0.29, 0.717) is 11.4 Å². The molecule has 0 bridgehead atoms. The molecule has 21 heavy (non-hydrogen) atoms. The van der Waals surface area contributed by atoms with Crippen LogP contribution in [-0.4, -0.2) is 41.2 Å². The van der Waals surface area contributed by atoms with E-state index < -0.39 is 17.5 Å². The lowest BCUT2D eigenvalue weighted by atomic mass is 10.0. The maximum atomic E-state index is 12.3. The van der Waals surface area contributed by atoms with Gasteiger partial charge < -0.3 is 20.1 Å². The van der Waals surface area contributed by atoms with Gasteiger partial charge in [0.1, 0.15) is 11.3 Å². The second-order valence-corrected chi connectivity index (χ2v) is 5.83. The first-order valence-electron chi connectivity index (χ1n) is 6.39. The number of rotatable bonds is 5. The highest BCUT2D eigenvalue weighted by atomic mass is 79.9. The van der Waals surface area contributed by atoms with E-state index in [1.54, 1.807) is 25.1 Å². The van der Waals surface area contributed by atoms with Crippen LogP contribution in [0.25, 0.3) is 0 Å². The molecule has 116 valence electrons. The van der Waals surface area contributed by atoms with Gasteiger partial charge in [-0.2, -0.15) is 0 Å². The Balaban J connectivity index is 2.98. The Morgan fingerprint density at radius 2 is 2.00 bits per heavy atom. The molecule has 2 N–H and O–H groups in total. The zero-order valence-corrected chi connectivity index (χ0v) is 14.0. The van der Waals surface area contributed by atoms with Crippen LogP contribution < -0.4 is 10.1 Å². The average Bonchev–Trinajstić information content (AvgIpc) is 2.37. The third-order valence-corrected chi connectivity index (χ3v) is 3.58. The molecule has 0 aromatic heterocycles. The van der Waals surface area contributed by atoms with Crippen molar-refractivity contribution in [3.63, 3.8) is 0 Å². The molecular formula is C14H19BrN2O4. The number of amides is 2. The summed E-state index contributed by atoms with van der Waals surface area (Å²) in [6, 6.07) is 4.64. The number of hydrogen-bond donors (Lipinski definition) is 2. The van der Waals surface area contributed by atoms with E-state index in [4.69, 9.17) is 4.74 Å². The number of likely N-dealkylation sites (N-methyl/N-ethyl adjacent to an activating group) is 1. The lowest BCUT2D eigenvalue weighted by molar-refractivity contribution is -0.147. The topological polar surface area (TPSA) is 78.9 Å². The highest BCUT2D eigenvalue weighted by molar-refractivity contribution is 9.10. The fourth-order valence-corrected chi connectivity index (χ4v) is 2.32. The van der Waals surface area contributed by atoms with Crippen LogP contribution >= 0.6 is 15.9 Å². The number of carbonyl (C=O) groups is 2. The number of nitrogens with one attached hydrogen (secondary N) is 1. The van der Waals surface area contributed by atoms with Gasteiger partial charge in [0, 0.05) is 22.8 Å². The summed E-state index contributed by atoms with van der Waals surface area (Å²) in [5.41, 5.74) is -0.777. The van der Waals surface area contributed by atoms with Crippen LogP contribution in [0.15, 0.2) is 22.7 Å². The van der Waals surface area contributed by atoms with Gasteiger partial charge in [0.2, 0.25) is 0 Å². The molecule has 0 radical (unpaired) electrons. The van der Waals surface area contributed by atoms with Gasteiger partial charge in [-0.25, -0.2) is 9.59 Å². The van der Waals surface area contributed by atoms with Crippen LogP contribution in [0.1, 0.15) is 20.8 Å². The number of carboxylic acid groups (broad SMARTS) is 1. The number of ether oxygens (including phenoxy) is 1. The SMILES string of the molecule is CCN(C(=O)Nc1cc(Br)cc(OC)c1)C(C)(C)C(=O)O. The van der Waals surface area contributed by atoms with Crippen molar-refractivity contribution in [2.45, 2.75) is 26.3 Å². The molecule has 0 aliphatic carbocycles. The monoisotopic (exact) mass is 358 g/mol. The molecular weight excluding hydrogens is 340 g/mol. The van der Waals surface area contributed by atoms with Gasteiger partial charge in [-0.1, -0.05) is 15.9 Å². The number of carboxylic acids is 1. The highest BCUT2D eigenvalue weighted by Crippen LogP contribution is 2.25. The number of halogens is 1. The smallest absolute Gasteiger partial charge is 0.329 e. The zero-order chi connectivity index (χ0) is 16.2. The summed E-state index contributed by atoms with van der Waals surface area (Å²) in [6.07, 6.45) is 0. The molecule has 0 heterocycles. The number of aliphatic carboxylic acids is 1.